The second-order valence-electron chi connectivity index (χ2n) is 4.18. The van der Waals surface area contributed by atoms with Gasteiger partial charge in [0.2, 0.25) is 5.91 Å². The second-order valence-corrected chi connectivity index (χ2v) is 4.18. The maximum Gasteiger partial charge on any atom is 0.471 e. The Hall–Kier alpha value is -2.05. The molecule has 0 saturated heterocycles. The average Bonchev–Trinajstić information content (AvgIpc) is 2.35. The van der Waals surface area contributed by atoms with Gasteiger partial charge in [0.25, 0.3) is 0 Å². The standard InChI is InChI=1S/C13H15F3N2O2/c1-2-3-7-11(19)17-9-5-4-6-10(8-9)18-12(20)13(14,15)16/h4-6,8H,2-3,7H2,1H3,(H,17,19)(H,18,20). The Kier molecular flexibility index (Phi) is 5.54. The number of hydrogen-bond donors (Lipinski definition) is 2. The quantitative estimate of drug-likeness (QED) is 0.873. The van der Waals surface area contributed by atoms with Gasteiger partial charge in [-0.2, -0.15) is 13.2 Å². The van der Waals surface area contributed by atoms with Gasteiger partial charge in [-0.3, -0.25) is 9.59 Å². The fourth-order valence-corrected chi connectivity index (χ4v) is 1.44. The van der Waals surface area contributed by atoms with Crippen molar-refractivity contribution in [2.75, 3.05) is 10.6 Å². The molecule has 1 rings (SSSR count). The van der Waals surface area contributed by atoms with E-state index in [1.165, 1.54) is 24.3 Å². The summed E-state index contributed by atoms with van der Waals surface area (Å²) in [5.41, 5.74) is 0.312. The number of carbonyl (C=O) groups excluding carboxylic acids is 2. The number of rotatable bonds is 5. The van der Waals surface area contributed by atoms with Gasteiger partial charge in [-0.25, -0.2) is 0 Å². The fourth-order valence-electron chi connectivity index (χ4n) is 1.44. The summed E-state index contributed by atoms with van der Waals surface area (Å²) in [7, 11) is 0. The Morgan fingerprint density at radius 1 is 1.15 bits per heavy atom. The summed E-state index contributed by atoms with van der Waals surface area (Å²) < 4.78 is 36.3. The number of unbranched alkanes of at least 4 members (excludes halogenated alkanes) is 1. The third kappa shape index (κ3) is 5.29. The molecule has 0 saturated carbocycles. The van der Waals surface area contributed by atoms with Crippen molar-refractivity contribution in [2.45, 2.75) is 32.4 Å². The molecule has 2 amide bonds. The van der Waals surface area contributed by atoms with E-state index < -0.39 is 12.1 Å². The molecule has 0 unspecified atom stereocenters. The molecule has 0 heterocycles. The van der Waals surface area contributed by atoms with Gasteiger partial charge in [0.1, 0.15) is 0 Å². The molecule has 20 heavy (non-hydrogen) atoms. The van der Waals surface area contributed by atoms with Gasteiger partial charge in [0.15, 0.2) is 0 Å². The van der Waals surface area contributed by atoms with Gasteiger partial charge in [0, 0.05) is 17.8 Å². The molecular weight excluding hydrogens is 273 g/mol. The molecule has 0 atom stereocenters. The first-order valence-corrected chi connectivity index (χ1v) is 6.11. The molecule has 0 aliphatic carbocycles. The molecule has 0 aromatic heterocycles. The van der Waals surface area contributed by atoms with Gasteiger partial charge in [0.05, 0.1) is 0 Å². The molecule has 0 fully saturated rings. The monoisotopic (exact) mass is 288 g/mol. The van der Waals surface area contributed by atoms with Crippen LogP contribution < -0.4 is 10.6 Å². The van der Waals surface area contributed by atoms with E-state index in [-0.39, 0.29) is 11.6 Å². The van der Waals surface area contributed by atoms with Gasteiger partial charge in [-0.15, -0.1) is 0 Å². The molecule has 7 heteroatoms. The Balaban J connectivity index is 2.66. The number of halogens is 3. The summed E-state index contributed by atoms with van der Waals surface area (Å²) in [6.07, 6.45) is -3.00. The zero-order chi connectivity index (χ0) is 15.2. The molecule has 1 aromatic rings. The summed E-state index contributed by atoms with van der Waals surface area (Å²) in [5.74, 6) is -2.27. The molecular formula is C13H15F3N2O2. The number of anilines is 2. The number of carbonyl (C=O) groups is 2. The van der Waals surface area contributed by atoms with Gasteiger partial charge in [-0.05, 0) is 24.6 Å². The third-order valence-electron chi connectivity index (χ3n) is 2.42. The van der Waals surface area contributed by atoms with Crippen LogP contribution in [0.15, 0.2) is 24.3 Å². The maximum absolute atomic E-state index is 12.1. The van der Waals surface area contributed by atoms with E-state index in [0.717, 1.165) is 12.8 Å². The summed E-state index contributed by atoms with van der Waals surface area (Å²) in [5, 5.41) is 4.28. The summed E-state index contributed by atoms with van der Waals surface area (Å²) >= 11 is 0. The number of amides is 2. The van der Waals surface area contributed by atoms with Gasteiger partial charge >= 0.3 is 12.1 Å². The van der Waals surface area contributed by atoms with Crippen molar-refractivity contribution in [3.8, 4) is 0 Å². The van der Waals surface area contributed by atoms with Crippen LogP contribution in [0.1, 0.15) is 26.2 Å². The molecule has 4 nitrogen and oxygen atoms in total. The maximum atomic E-state index is 12.1. The minimum absolute atomic E-state index is 0.0272. The molecule has 0 radical (unpaired) electrons. The van der Waals surface area contributed by atoms with Crippen LogP contribution >= 0.6 is 0 Å². The minimum Gasteiger partial charge on any atom is -0.326 e. The number of nitrogens with one attached hydrogen (secondary N) is 2. The first-order chi connectivity index (χ1) is 9.32. The number of hydrogen-bond acceptors (Lipinski definition) is 2. The van der Waals surface area contributed by atoms with Gasteiger partial charge < -0.3 is 10.6 Å². The Morgan fingerprint density at radius 2 is 1.75 bits per heavy atom. The Labute approximate surface area is 114 Å². The van der Waals surface area contributed by atoms with E-state index in [0.29, 0.717) is 12.1 Å². The molecule has 2 N–H and O–H groups in total. The normalized spacial score (nSPS) is 11.0. The van der Waals surface area contributed by atoms with Crippen molar-refractivity contribution < 1.29 is 22.8 Å². The second kappa shape index (κ2) is 6.93. The van der Waals surface area contributed by atoms with Crippen molar-refractivity contribution in [2.24, 2.45) is 0 Å². The average molecular weight is 288 g/mol. The third-order valence-corrected chi connectivity index (χ3v) is 2.42. The van der Waals surface area contributed by atoms with Crippen LogP contribution in [0.25, 0.3) is 0 Å². The number of benzene rings is 1. The Morgan fingerprint density at radius 3 is 2.30 bits per heavy atom. The minimum atomic E-state index is -4.94. The van der Waals surface area contributed by atoms with Crippen molar-refractivity contribution in [1.82, 2.24) is 0 Å². The van der Waals surface area contributed by atoms with Crippen LogP contribution in [0.4, 0.5) is 24.5 Å². The van der Waals surface area contributed by atoms with Crippen molar-refractivity contribution >= 4 is 23.2 Å². The zero-order valence-corrected chi connectivity index (χ0v) is 10.9. The Bertz CT molecular complexity index is 487. The van der Waals surface area contributed by atoms with Crippen LogP contribution in [-0.4, -0.2) is 18.0 Å². The van der Waals surface area contributed by atoms with E-state index >= 15 is 0 Å². The highest BCUT2D eigenvalue weighted by molar-refractivity contribution is 5.96. The van der Waals surface area contributed by atoms with E-state index in [1.807, 2.05) is 6.92 Å². The lowest BCUT2D eigenvalue weighted by atomic mass is 10.2. The van der Waals surface area contributed by atoms with E-state index in [4.69, 9.17) is 0 Å². The highest BCUT2D eigenvalue weighted by atomic mass is 19.4. The molecule has 0 spiro atoms. The number of alkyl halides is 3. The largest absolute Gasteiger partial charge is 0.471 e. The SMILES string of the molecule is CCCCC(=O)Nc1cccc(NC(=O)C(F)(F)F)c1. The van der Waals surface area contributed by atoms with Crippen LogP contribution in [-0.2, 0) is 9.59 Å². The predicted octanol–water partition coefficient (Wildman–Crippen LogP) is 3.32. The highest BCUT2D eigenvalue weighted by Crippen LogP contribution is 2.20. The molecule has 0 aliphatic heterocycles. The van der Waals surface area contributed by atoms with Crippen LogP contribution in [0.2, 0.25) is 0 Å². The van der Waals surface area contributed by atoms with Crippen molar-refractivity contribution in [1.29, 1.82) is 0 Å². The van der Waals surface area contributed by atoms with Crippen molar-refractivity contribution in [3.63, 3.8) is 0 Å². The lowest BCUT2D eigenvalue weighted by molar-refractivity contribution is -0.167. The van der Waals surface area contributed by atoms with E-state index in [9.17, 15) is 22.8 Å². The zero-order valence-electron chi connectivity index (χ0n) is 10.9. The van der Waals surface area contributed by atoms with Gasteiger partial charge in [-0.1, -0.05) is 19.4 Å². The highest BCUT2D eigenvalue weighted by Gasteiger charge is 2.38. The summed E-state index contributed by atoms with van der Waals surface area (Å²) in [6.45, 7) is 1.95. The topological polar surface area (TPSA) is 58.2 Å². The first-order valence-electron chi connectivity index (χ1n) is 6.11. The molecule has 1 aromatic carbocycles. The lowest BCUT2D eigenvalue weighted by Gasteiger charge is -2.10. The van der Waals surface area contributed by atoms with E-state index in [2.05, 4.69) is 5.32 Å². The van der Waals surface area contributed by atoms with E-state index in [1.54, 1.807) is 5.32 Å². The summed E-state index contributed by atoms with van der Waals surface area (Å²) in [4.78, 5) is 22.3. The molecule has 0 aliphatic rings. The first kappa shape index (κ1) is 16.0. The summed E-state index contributed by atoms with van der Waals surface area (Å²) in [6, 6.07) is 5.56. The van der Waals surface area contributed by atoms with Crippen LogP contribution in [0, 0.1) is 0 Å². The predicted molar refractivity (Wildman–Crippen MR) is 69.3 cm³/mol. The smallest absolute Gasteiger partial charge is 0.326 e. The molecule has 110 valence electrons. The lowest BCUT2D eigenvalue weighted by Crippen LogP contribution is -2.29. The van der Waals surface area contributed by atoms with Crippen molar-refractivity contribution in [3.05, 3.63) is 24.3 Å². The van der Waals surface area contributed by atoms with Crippen LogP contribution in [0.5, 0.6) is 0 Å². The molecule has 0 bridgehead atoms. The fraction of sp³-hybridized carbons (Fsp3) is 0.385. The van der Waals surface area contributed by atoms with Crippen LogP contribution in [0.3, 0.4) is 0 Å².